The Morgan fingerprint density at radius 2 is 1.81 bits per heavy atom. The highest BCUT2D eigenvalue weighted by Crippen LogP contribution is 2.17. The maximum atomic E-state index is 13.7. The number of hydrogen-bond acceptors (Lipinski definition) is 3. The van der Waals surface area contributed by atoms with Crippen molar-refractivity contribution in [3.63, 3.8) is 0 Å². The van der Waals surface area contributed by atoms with Gasteiger partial charge in [-0.3, -0.25) is 9.78 Å². The normalized spacial score (nSPS) is 10.4. The Balaban J connectivity index is 1.67. The minimum Gasteiger partial charge on any atom is -0.381 e. The molecule has 1 amide bonds. The molecule has 0 fully saturated rings. The zero-order valence-electron chi connectivity index (χ0n) is 14.1. The number of carbonyl (C=O) groups excluding carboxylic acids is 1. The summed E-state index contributed by atoms with van der Waals surface area (Å²) in [7, 11) is 0. The lowest BCUT2D eigenvalue weighted by Gasteiger charge is -2.09. The van der Waals surface area contributed by atoms with E-state index < -0.39 is 17.5 Å². The summed E-state index contributed by atoms with van der Waals surface area (Å²) < 4.78 is 26.6. The van der Waals surface area contributed by atoms with Crippen LogP contribution in [-0.2, 0) is 6.54 Å². The van der Waals surface area contributed by atoms with E-state index in [0.717, 1.165) is 11.6 Å². The number of carbonyl (C=O) groups is 1. The molecule has 1 heterocycles. The Morgan fingerprint density at radius 3 is 2.54 bits per heavy atom. The standard InChI is InChI=1S/C20H17F2N3O/c1-13-2-4-14(5-3-13)12-24-16-8-9-23-19(11-16)20(26)25-18-7-6-15(21)10-17(18)22/h2-11H,12H2,1H3,(H,23,24)(H,25,26). The molecule has 0 atom stereocenters. The fraction of sp³-hybridized carbons (Fsp3) is 0.100. The minimum absolute atomic E-state index is 0.101. The number of nitrogens with zero attached hydrogens (tertiary/aromatic N) is 1. The monoisotopic (exact) mass is 353 g/mol. The molecule has 6 heteroatoms. The van der Waals surface area contributed by atoms with Gasteiger partial charge in [-0.15, -0.1) is 0 Å². The molecule has 26 heavy (non-hydrogen) atoms. The van der Waals surface area contributed by atoms with Crippen molar-refractivity contribution in [2.75, 3.05) is 10.6 Å². The molecule has 2 N–H and O–H groups in total. The van der Waals surface area contributed by atoms with E-state index in [4.69, 9.17) is 0 Å². The largest absolute Gasteiger partial charge is 0.381 e. The Labute approximate surface area is 149 Å². The number of rotatable bonds is 5. The molecule has 132 valence electrons. The van der Waals surface area contributed by atoms with Crippen LogP contribution in [0.1, 0.15) is 21.6 Å². The van der Waals surface area contributed by atoms with Gasteiger partial charge in [0.2, 0.25) is 0 Å². The van der Waals surface area contributed by atoms with Gasteiger partial charge in [0.05, 0.1) is 5.69 Å². The first-order valence-corrected chi connectivity index (χ1v) is 8.03. The average molecular weight is 353 g/mol. The van der Waals surface area contributed by atoms with E-state index in [1.165, 1.54) is 17.8 Å². The molecule has 3 rings (SSSR count). The molecule has 0 radical (unpaired) electrons. The molecule has 0 aliphatic carbocycles. The number of anilines is 2. The van der Waals surface area contributed by atoms with Crippen molar-refractivity contribution in [2.24, 2.45) is 0 Å². The minimum atomic E-state index is -0.841. The summed E-state index contributed by atoms with van der Waals surface area (Å²) in [6.45, 7) is 2.62. The van der Waals surface area contributed by atoms with Crippen molar-refractivity contribution in [3.05, 3.63) is 89.2 Å². The van der Waals surface area contributed by atoms with E-state index >= 15 is 0 Å². The maximum Gasteiger partial charge on any atom is 0.274 e. The predicted molar refractivity (Wildman–Crippen MR) is 97.1 cm³/mol. The van der Waals surface area contributed by atoms with Gasteiger partial charge in [0.15, 0.2) is 0 Å². The lowest BCUT2D eigenvalue weighted by molar-refractivity contribution is 0.102. The van der Waals surface area contributed by atoms with Gasteiger partial charge in [-0.1, -0.05) is 29.8 Å². The first-order chi connectivity index (χ1) is 12.5. The molecule has 0 saturated heterocycles. The first-order valence-electron chi connectivity index (χ1n) is 8.03. The lowest BCUT2D eigenvalue weighted by atomic mass is 10.1. The third kappa shape index (κ3) is 4.42. The van der Waals surface area contributed by atoms with E-state index in [2.05, 4.69) is 15.6 Å². The van der Waals surface area contributed by atoms with Crippen LogP contribution in [0.2, 0.25) is 0 Å². The number of aromatic nitrogens is 1. The van der Waals surface area contributed by atoms with Gasteiger partial charge >= 0.3 is 0 Å². The number of benzene rings is 2. The van der Waals surface area contributed by atoms with Gasteiger partial charge in [0.1, 0.15) is 17.3 Å². The molecular formula is C20H17F2N3O. The SMILES string of the molecule is Cc1ccc(CNc2ccnc(C(=O)Nc3ccc(F)cc3F)c2)cc1. The molecule has 4 nitrogen and oxygen atoms in total. The molecule has 0 bridgehead atoms. The molecule has 0 unspecified atom stereocenters. The van der Waals surface area contributed by atoms with Crippen molar-refractivity contribution >= 4 is 17.3 Å². The molecule has 2 aromatic carbocycles. The summed E-state index contributed by atoms with van der Waals surface area (Å²) in [6.07, 6.45) is 1.49. The third-order valence-corrected chi connectivity index (χ3v) is 3.79. The zero-order valence-corrected chi connectivity index (χ0v) is 14.1. The molecule has 0 spiro atoms. The van der Waals surface area contributed by atoms with Gasteiger partial charge in [-0.25, -0.2) is 8.78 Å². The van der Waals surface area contributed by atoms with Crippen LogP contribution in [-0.4, -0.2) is 10.9 Å². The van der Waals surface area contributed by atoms with Crippen molar-refractivity contribution in [1.82, 2.24) is 4.98 Å². The second-order valence-corrected chi connectivity index (χ2v) is 5.85. The van der Waals surface area contributed by atoms with Gasteiger partial charge in [-0.2, -0.15) is 0 Å². The van der Waals surface area contributed by atoms with Crippen LogP contribution < -0.4 is 10.6 Å². The molecule has 0 saturated carbocycles. The summed E-state index contributed by atoms with van der Waals surface area (Å²) in [5, 5.41) is 5.60. The number of pyridine rings is 1. The van der Waals surface area contributed by atoms with Gasteiger partial charge in [-0.05, 0) is 36.8 Å². The van der Waals surface area contributed by atoms with Gasteiger partial charge in [0, 0.05) is 24.5 Å². The summed E-state index contributed by atoms with van der Waals surface area (Å²) in [6, 6.07) is 14.4. The fourth-order valence-corrected chi connectivity index (χ4v) is 2.35. The van der Waals surface area contributed by atoms with Crippen LogP contribution >= 0.6 is 0 Å². The first kappa shape index (κ1) is 17.5. The van der Waals surface area contributed by atoms with Crippen molar-refractivity contribution in [3.8, 4) is 0 Å². The maximum absolute atomic E-state index is 13.7. The van der Waals surface area contributed by atoms with E-state index in [9.17, 15) is 13.6 Å². The Morgan fingerprint density at radius 1 is 1.04 bits per heavy atom. The van der Waals surface area contributed by atoms with Crippen LogP contribution in [0.25, 0.3) is 0 Å². The second-order valence-electron chi connectivity index (χ2n) is 5.85. The highest BCUT2D eigenvalue weighted by Gasteiger charge is 2.12. The number of hydrogen-bond donors (Lipinski definition) is 2. The van der Waals surface area contributed by atoms with E-state index in [0.29, 0.717) is 18.3 Å². The zero-order chi connectivity index (χ0) is 18.5. The number of aryl methyl sites for hydroxylation is 1. The summed E-state index contributed by atoms with van der Waals surface area (Å²) in [5.41, 5.74) is 3.03. The number of nitrogens with one attached hydrogen (secondary N) is 2. The third-order valence-electron chi connectivity index (χ3n) is 3.79. The Kier molecular flexibility index (Phi) is 5.22. The van der Waals surface area contributed by atoms with Crippen LogP contribution in [0, 0.1) is 18.6 Å². The van der Waals surface area contributed by atoms with Crippen molar-refractivity contribution in [1.29, 1.82) is 0 Å². The van der Waals surface area contributed by atoms with E-state index in [1.807, 2.05) is 31.2 Å². The lowest BCUT2D eigenvalue weighted by Crippen LogP contribution is -2.15. The smallest absolute Gasteiger partial charge is 0.274 e. The number of halogens is 2. The molecular weight excluding hydrogens is 336 g/mol. The molecule has 3 aromatic rings. The van der Waals surface area contributed by atoms with Crippen molar-refractivity contribution < 1.29 is 13.6 Å². The van der Waals surface area contributed by atoms with E-state index in [-0.39, 0.29) is 11.4 Å². The summed E-state index contributed by atoms with van der Waals surface area (Å²) >= 11 is 0. The summed E-state index contributed by atoms with van der Waals surface area (Å²) in [4.78, 5) is 16.3. The molecule has 0 aliphatic rings. The van der Waals surface area contributed by atoms with Gasteiger partial charge in [0.25, 0.3) is 5.91 Å². The highest BCUT2D eigenvalue weighted by molar-refractivity contribution is 6.03. The predicted octanol–water partition coefficient (Wildman–Crippen LogP) is 4.53. The van der Waals surface area contributed by atoms with Crippen LogP contribution in [0.4, 0.5) is 20.2 Å². The van der Waals surface area contributed by atoms with E-state index in [1.54, 1.807) is 12.1 Å². The topological polar surface area (TPSA) is 54.0 Å². The van der Waals surface area contributed by atoms with Gasteiger partial charge < -0.3 is 10.6 Å². The molecule has 0 aliphatic heterocycles. The quantitative estimate of drug-likeness (QED) is 0.708. The fourth-order valence-electron chi connectivity index (χ4n) is 2.35. The van der Waals surface area contributed by atoms with Crippen LogP contribution in [0.3, 0.4) is 0 Å². The second kappa shape index (κ2) is 7.74. The number of amides is 1. The molecule has 1 aromatic heterocycles. The average Bonchev–Trinajstić information content (AvgIpc) is 2.64. The Bertz CT molecular complexity index is 927. The van der Waals surface area contributed by atoms with Crippen LogP contribution in [0.15, 0.2) is 60.8 Å². The van der Waals surface area contributed by atoms with Crippen molar-refractivity contribution in [2.45, 2.75) is 13.5 Å². The Hall–Kier alpha value is -3.28. The summed E-state index contributed by atoms with van der Waals surface area (Å²) in [5.74, 6) is -2.12. The highest BCUT2D eigenvalue weighted by atomic mass is 19.1. The van der Waals surface area contributed by atoms with Crippen LogP contribution in [0.5, 0.6) is 0 Å².